The van der Waals surface area contributed by atoms with Gasteiger partial charge in [-0.25, -0.2) is 0 Å². The van der Waals surface area contributed by atoms with Gasteiger partial charge in [-0.2, -0.15) is 11.8 Å². The van der Waals surface area contributed by atoms with Gasteiger partial charge in [0, 0.05) is 11.9 Å². The maximum Gasteiger partial charge on any atom is 0.0263 e. The van der Waals surface area contributed by atoms with Crippen molar-refractivity contribution in [3.05, 3.63) is 0 Å². The van der Waals surface area contributed by atoms with Gasteiger partial charge in [-0.15, -0.1) is 11.6 Å². The lowest BCUT2D eigenvalue weighted by molar-refractivity contribution is 0.432. The van der Waals surface area contributed by atoms with Gasteiger partial charge in [-0.05, 0) is 37.8 Å². The lowest BCUT2D eigenvalue weighted by Crippen LogP contribution is -2.33. The van der Waals surface area contributed by atoms with Gasteiger partial charge in [-0.1, -0.05) is 6.92 Å². The number of thioether (sulfide) groups is 1. The van der Waals surface area contributed by atoms with Crippen molar-refractivity contribution in [3.8, 4) is 0 Å². The van der Waals surface area contributed by atoms with Gasteiger partial charge >= 0.3 is 0 Å². The molecular formula is C9H20ClNS. The van der Waals surface area contributed by atoms with Crippen LogP contribution in [0.1, 0.15) is 20.3 Å². The number of alkyl halides is 1. The Morgan fingerprint density at radius 1 is 1.42 bits per heavy atom. The van der Waals surface area contributed by atoms with Crippen LogP contribution in [0.5, 0.6) is 0 Å². The monoisotopic (exact) mass is 209 g/mol. The summed E-state index contributed by atoms with van der Waals surface area (Å²) in [6.07, 6.45) is 3.39. The Hall–Kier alpha value is 0.600. The SMILES string of the molecule is CSCCCNC(C)C(C)CCl. The van der Waals surface area contributed by atoms with Gasteiger partial charge in [-0.3, -0.25) is 0 Å². The van der Waals surface area contributed by atoms with E-state index in [1.54, 1.807) is 0 Å². The van der Waals surface area contributed by atoms with Crippen LogP contribution in [0.15, 0.2) is 0 Å². The summed E-state index contributed by atoms with van der Waals surface area (Å²) in [6, 6.07) is 0.546. The minimum Gasteiger partial charge on any atom is -0.314 e. The fraction of sp³-hybridized carbons (Fsp3) is 1.00. The Morgan fingerprint density at radius 3 is 2.58 bits per heavy atom. The average molecular weight is 210 g/mol. The molecule has 0 bridgehead atoms. The van der Waals surface area contributed by atoms with Crippen molar-refractivity contribution in [3.63, 3.8) is 0 Å². The van der Waals surface area contributed by atoms with Crippen LogP contribution in [-0.2, 0) is 0 Å². The summed E-state index contributed by atoms with van der Waals surface area (Å²) < 4.78 is 0. The van der Waals surface area contributed by atoms with Crippen LogP contribution in [0.25, 0.3) is 0 Å². The first-order valence-corrected chi connectivity index (χ1v) is 6.43. The molecule has 0 fully saturated rings. The van der Waals surface area contributed by atoms with E-state index in [0.717, 1.165) is 12.4 Å². The van der Waals surface area contributed by atoms with Crippen molar-refractivity contribution in [1.82, 2.24) is 5.32 Å². The zero-order valence-corrected chi connectivity index (χ0v) is 9.84. The van der Waals surface area contributed by atoms with Crippen LogP contribution >= 0.6 is 23.4 Å². The molecule has 0 amide bonds. The summed E-state index contributed by atoms with van der Waals surface area (Å²) in [5, 5.41) is 3.47. The maximum atomic E-state index is 5.74. The summed E-state index contributed by atoms with van der Waals surface area (Å²) in [4.78, 5) is 0. The molecule has 3 heteroatoms. The smallest absolute Gasteiger partial charge is 0.0263 e. The minimum atomic E-state index is 0.546. The molecule has 0 aliphatic carbocycles. The molecule has 0 aromatic carbocycles. The molecule has 0 aliphatic heterocycles. The third-order valence-electron chi connectivity index (χ3n) is 2.09. The molecule has 0 rings (SSSR count). The minimum absolute atomic E-state index is 0.546. The predicted octanol–water partition coefficient (Wildman–Crippen LogP) is 2.59. The topological polar surface area (TPSA) is 12.0 Å². The molecule has 74 valence electrons. The average Bonchev–Trinajstić information content (AvgIpc) is 2.10. The first-order chi connectivity index (χ1) is 5.72. The number of hydrogen-bond donors (Lipinski definition) is 1. The van der Waals surface area contributed by atoms with Crippen LogP contribution in [0.3, 0.4) is 0 Å². The quantitative estimate of drug-likeness (QED) is 0.511. The first-order valence-electron chi connectivity index (χ1n) is 4.50. The zero-order valence-electron chi connectivity index (χ0n) is 8.27. The lowest BCUT2D eigenvalue weighted by atomic mass is 10.1. The second kappa shape index (κ2) is 8.21. The second-order valence-corrected chi connectivity index (χ2v) is 4.51. The highest BCUT2D eigenvalue weighted by molar-refractivity contribution is 7.98. The molecule has 0 aromatic rings. The van der Waals surface area contributed by atoms with Gasteiger partial charge in [0.2, 0.25) is 0 Å². The zero-order chi connectivity index (χ0) is 9.40. The normalized spacial score (nSPS) is 16.0. The second-order valence-electron chi connectivity index (χ2n) is 3.22. The van der Waals surface area contributed by atoms with E-state index in [2.05, 4.69) is 25.4 Å². The Bertz CT molecular complexity index is 101. The molecule has 0 saturated heterocycles. The van der Waals surface area contributed by atoms with Crippen LogP contribution in [0.2, 0.25) is 0 Å². The molecule has 0 aliphatic rings. The molecule has 0 heterocycles. The summed E-state index contributed by atoms with van der Waals surface area (Å²) >= 11 is 7.64. The van der Waals surface area contributed by atoms with E-state index in [1.165, 1.54) is 12.2 Å². The summed E-state index contributed by atoms with van der Waals surface area (Å²) in [7, 11) is 0. The van der Waals surface area contributed by atoms with E-state index >= 15 is 0 Å². The van der Waals surface area contributed by atoms with E-state index in [0.29, 0.717) is 12.0 Å². The van der Waals surface area contributed by atoms with Crippen LogP contribution in [0.4, 0.5) is 0 Å². The molecule has 1 N–H and O–H groups in total. The molecule has 1 nitrogen and oxygen atoms in total. The molecule has 12 heavy (non-hydrogen) atoms. The largest absolute Gasteiger partial charge is 0.314 e. The maximum absolute atomic E-state index is 5.74. The Kier molecular flexibility index (Phi) is 8.62. The van der Waals surface area contributed by atoms with E-state index < -0.39 is 0 Å². The number of rotatable bonds is 7. The van der Waals surface area contributed by atoms with Crippen molar-refractivity contribution < 1.29 is 0 Å². The third kappa shape index (κ3) is 6.15. The van der Waals surface area contributed by atoms with Crippen molar-refractivity contribution in [1.29, 1.82) is 0 Å². The molecular weight excluding hydrogens is 190 g/mol. The van der Waals surface area contributed by atoms with E-state index in [9.17, 15) is 0 Å². The molecule has 0 spiro atoms. The Morgan fingerprint density at radius 2 is 2.08 bits per heavy atom. The predicted molar refractivity (Wildman–Crippen MR) is 60.3 cm³/mol. The molecule has 0 aromatic heterocycles. The Balaban J connectivity index is 3.24. The number of nitrogens with one attached hydrogen (secondary N) is 1. The fourth-order valence-corrected chi connectivity index (χ4v) is 1.58. The van der Waals surface area contributed by atoms with Gasteiger partial charge in [0.15, 0.2) is 0 Å². The standard InChI is InChI=1S/C9H20ClNS/c1-8(7-10)9(2)11-5-4-6-12-3/h8-9,11H,4-7H2,1-3H3. The Labute approximate surface area is 85.6 Å². The van der Waals surface area contributed by atoms with E-state index in [1.807, 2.05) is 11.8 Å². The van der Waals surface area contributed by atoms with Crippen molar-refractivity contribution in [2.45, 2.75) is 26.3 Å². The van der Waals surface area contributed by atoms with Crippen LogP contribution in [-0.4, -0.2) is 30.5 Å². The summed E-state index contributed by atoms with van der Waals surface area (Å²) in [6.45, 7) is 5.49. The third-order valence-corrected chi connectivity index (χ3v) is 3.27. The van der Waals surface area contributed by atoms with Gasteiger partial charge in [0.1, 0.15) is 0 Å². The molecule has 0 radical (unpaired) electrons. The molecule has 0 saturated carbocycles. The summed E-state index contributed by atoms with van der Waals surface area (Å²) in [5.41, 5.74) is 0. The highest BCUT2D eigenvalue weighted by atomic mass is 35.5. The number of halogens is 1. The van der Waals surface area contributed by atoms with Crippen molar-refractivity contribution in [2.24, 2.45) is 5.92 Å². The first kappa shape index (κ1) is 12.6. The number of hydrogen-bond acceptors (Lipinski definition) is 2. The molecule has 2 atom stereocenters. The van der Waals surface area contributed by atoms with Crippen LogP contribution < -0.4 is 5.32 Å². The van der Waals surface area contributed by atoms with E-state index in [4.69, 9.17) is 11.6 Å². The van der Waals surface area contributed by atoms with Crippen molar-refractivity contribution >= 4 is 23.4 Å². The molecule has 2 unspecified atom stereocenters. The van der Waals surface area contributed by atoms with Crippen molar-refractivity contribution in [2.75, 3.05) is 24.4 Å². The van der Waals surface area contributed by atoms with Gasteiger partial charge in [0.25, 0.3) is 0 Å². The van der Waals surface area contributed by atoms with Gasteiger partial charge in [0.05, 0.1) is 0 Å². The summed E-state index contributed by atoms with van der Waals surface area (Å²) in [5.74, 6) is 2.56. The van der Waals surface area contributed by atoms with E-state index in [-0.39, 0.29) is 0 Å². The highest BCUT2D eigenvalue weighted by Gasteiger charge is 2.08. The highest BCUT2D eigenvalue weighted by Crippen LogP contribution is 2.04. The fourth-order valence-electron chi connectivity index (χ4n) is 0.881. The van der Waals surface area contributed by atoms with Crippen LogP contribution in [0, 0.1) is 5.92 Å². The van der Waals surface area contributed by atoms with Gasteiger partial charge < -0.3 is 5.32 Å². The lowest BCUT2D eigenvalue weighted by Gasteiger charge is -2.18.